The number of benzene rings is 3. The number of nitrogens with zero attached hydrogens (tertiary/aromatic N) is 3. The molecule has 1 aromatic heterocycles. The van der Waals surface area contributed by atoms with Crippen molar-refractivity contribution in [3.63, 3.8) is 0 Å². The van der Waals surface area contributed by atoms with Crippen molar-refractivity contribution >= 4 is 16.8 Å². The number of rotatable bonds is 12. The summed E-state index contributed by atoms with van der Waals surface area (Å²) in [6.45, 7) is 8.91. The van der Waals surface area contributed by atoms with E-state index in [1.807, 2.05) is 93.3 Å². The Morgan fingerprint density at radius 3 is 2.32 bits per heavy atom. The number of amides is 1. The molecule has 0 radical (unpaired) electrons. The molecule has 1 heterocycles. The highest BCUT2D eigenvalue weighted by atomic mass is 16.5. The zero-order valence-electron chi connectivity index (χ0n) is 24.7. The molecule has 4 aromatic rings. The van der Waals surface area contributed by atoms with Crippen molar-refractivity contribution in [3.05, 3.63) is 88.5 Å². The maximum atomic E-state index is 13.9. The summed E-state index contributed by atoms with van der Waals surface area (Å²) in [7, 11) is 3.21. The predicted octanol–water partition coefficient (Wildman–Crippen LogP) is 5.98. The average Bonchev–Trinajstić information content (AvgIpc) is 2.97. The quantitative estimate of drug-likeness (QED) is 0.213. The highest BCUT2D eigenvalue weighted by Crippen LogP contribution is 2.29. The van der Waals surface area contributed by atoms with E-state index in [-0.39, 0.29) is 17.4 Å². The molecule has 0 aliphatic heterocycles. The maximum absolute atomic E-state index is 13.9. The van der Waals surface area contributed by atoms with Crippen LogP contribution in [0.15, 0.2) is 71.5 Å². The SMILES string of the molecule is CCOc1ccc(-n2c(C(C)N(CCc3ccc(OC)c(OC)c3)C(=O)CC(C)C)nc3ccccc3c2=O)cc1. The number of methoxy groups -OCH3 is 2. The first kappa shape index (κ1) is 29.6. The van der Waals surface area contributed by atoms with Gasteiger partial charge < -0.3 is 19.1 Å². The molecule has 0 saturated heterocycles. The van der Waals surface area contributed by atoms with E-state index in [2.05, 4.69) is 0 Å². The van der Waals surface area contributed by atoms with E-state index in [9.17, 15) is 9.59 Å². The van der Waals surface area contributed by atoms with Crippen molar-refractivity contribution in [2.24, 2.45) is 5.92 Å². The third kappa shape index (κ3) is 6.70. The monoisotopic (exact) mass is 557 g/mol. The van der Waals surface area contributed by atoms with Crippen LogP contribution in [0.1, 0.15) is 51.5 Å². The van der Waals surface area contributed by atoms with E-state index in [1.165, 1.54) is 0 Å². The standard InChI is InChI=1S/C33H39N3O5/c1-7-41-26-15-13-25(14-16-26)36-32(34-28-11-9-8-10-27(28)33(36)38)23(4)35(31(37)20-22(2)3)19-18-24-12-17-29(39-5)30(21-24)40-6/h8-17,21-23H,7,18-20H2,1-6H3. The van der Waals surface area contributed by atoms with Crippen molar-refractivity contribution in [2.75, 3.05) is 27.4 Å². The molecule has 0 saturated carbocycles. The topological polar surface area (TPSA) is 82.9 Å². The fourth-order valence-corrected chi connectivity index (χ4v) is 4.96. The molecule has 41 heavy (non-hydrogen) atoms. The van der Waals surface area contributed by atoms with Crippen LogP contribution in [0.3, 0.4) is 0 Å². The number of aromatic nitrogens is 2. The van der Waals surface area contributed by atoms with Crippen molar-refractivity contribution in [1.29, 1.82) is 0 Å². The average molecular weight is 558 g/mol. The van der Waals surface area contributed by atoms with Crippen LogP contribution >= 0.6 is 0 Å². The van der Waals surface area contributed by atoms with Gasteiger partial charge in [0.2, 0.25) is 5.91 Å². The number of hydrogen-bond acceptors (Lipinski definition) is 6. The summed E-state index contributed by atoms with van der Waals surface area (Å²) in [5, 5.41) is 0.516. The van der Waals surface area contributed by atoms with Gasteiger partial charge in [-0.05, 0) is 80.3 Å². The third-order valence-corrected chi connectivity index (χ3v) is 7.04. The number of para-hydroxylation sites is 1. The fraction of sp³-hybridized carbons (Fsp3) is 0.364. The minimum atomic E-state index is -0.481. The summed E-state index contributed by atoms with van der Waals surface area (Å²) >= 11 is 0. The van der Waals surface area contributed by atoms with Crippen LogP contribution in [-0.4, -0.2) is 47.7 Å². The molecule has 8 heteroatoms. The van der Waals surface area contributed by atoms with Gasteiger partial charge in [0.15, 0.2) is 11.5 Å². The third-order valence-electron chi connectivity index (χ3n) is 7.04. The van der Waals surface area contributed by atoms with Gasteiger partial charge in [0.25, 0.3) is 5.56 Å². The minimum Gasteiger partial charge on any atom is -0.494 e. The number of fused-ring (bicyclic) bond motifs is 1. The van der Waals surface area contributed by atoms with E-state index < -0.39 is 6.04 Å². The lowest BCUT2D eigenvalue weighted by Crippen LogP contribution is -2.39. The van der Waals surface area contributed by atoms with Crippen molar-refractivity contribution in [3.8, 4) is 22.9 Å². The molecule has 8 nitrogen and oxygen atoms in total. The molecule has 1 atom stereocenters. The Bertz CT molecular complexity index is 1550. The smallest absolute Gasteiger partial charge is 0.266 e. The zero-order chi connectivity index (χ0) is 29.5. The van der Waals surface area contributed by atoms with Gasteiger partial charge in [0.1, 0.15) is 11.6 Å². The minimum absolute atomic E-state index is 0.00799. The van der Waals surface area contributed by atoms with Crippen LogP contribution < -0.4 is 19.8 Å². The normalized spacial score (nSPS) is 11.9. The summed E-state index contributed by atoms with van der Waals surface area (Å²) in [4.78, 5) is 34.4. The number of carbonyl (C=O) groups is 1. The zero-order valence-corrected chi connectivity index (χ0v) is 24.7. The van der Waals surface area contributed by atoms with Gasteiger partial charge >= 0.3 is 0 Å². The molecule has 0 aliphatic rings. The second-order valence-electron chi connectivity index (χ2n) is 10.4. The number of ether oxygens (including phenoxy) is 3. The van der Waals surface area contributed by atoms with Crippen molar-refractivity contribution in [1.82, 2.24) is 14.5 Å². The van der Waals surface area contributed by atoms with Crippen LogP contribution in [0.4, 0.5) is 0 Å². The lowest BCUT2D eigenvalue weighted by molar-refractivity contribution is -0.134. The van der Waals surface area contributed by atoms with Crippen molar-refractivity contribution < 1.29 is 19.0 Å². The molecular formula is C33H39N3O5. The summed E-state index contributed by atoms with van der Waals surface area (Å²) < 4.78 is 18.1. The molecule has 3 aromatic carbocycles. The summed E-state index contributed by atoms with van der Waals surface area (Å²) in [6, 6.07) is 20.0. The van der Waals surface area contributed by atoms with Gasteiger partial charge in [-0.15, -0.1) is 0 Å². The molecule has 216 valence electrons. The van der Waals surface area contributed by atoms with Gasteiger partial charge in [-0.2, -0.15) is 0 Å². The Hall–Kier alpha value is -4.33. The molecule has 1 unspecified atom stereocenters. The highest BCUT2D eigenvalue weighted by molar-refractivity contribution is 5.79. The van der Waals surface area contributed by atoms with E-state index in [0.717, 1.165) is 11.3 Å². The Labute approximate surface area is 241 Å². The number of hydrogen-bond donors (Lipinski definition) is 0. The Balaban J connectivity index is 1.79. The fourth-order valence-electron chi connectivity index (χ4n) is 4.96. The van der Waals surface area contributed by atoms with Crippen LogP contribution in [-0.2, 0) is 11.2 Å². The molecule has 0 fully saturated rings. The molecule has 0 N–H and O–H groups in total. The predicted molar refractivity (Wildman–Crippen MR) is 161 cm³/mol. The van der Waals surface area contributed by atoms with E-state index in [1.54, 1.807) is 24.9 Å². The van der Waals surface area contributed by atoms with Gasteiger partial charge in [0, 0.05) is 13.0 Å². The molecule has 1 amide bonds. The lowest BCUT2D eigenvalue weighted by atomic mass is 10.1. The Morgan fingerprint density at radius 1 is 0.951 bits per heavy atom. The Morgan fingerprint density at radius 2 is 1.66 bits per heavy atom. The first-order valence-electron chi connectivity index (χ1n) is 14.0. The van der Waals surface area contributed by atoms with Crippen LogP contribution in [0, 0.1) is 5.92 Å². The van der Waals surface area contributed by atoms with Crippen LogP contribution in [0.5, 0.6) is 17.2 Å². The second kappa shape index (κ2) is 13.4. The van der Waals surface area contributed by atoms with Gasteiger partial charge in [-0.1, -0.05) is 32.0 Å². The summed E-state index contributed by atoms with van der Waals surface area (Å²) in [5.74, 6) is 2.69. The van der Waals surface area contributed by atoms with E-state index >= 15 is 0 Å². The molecule has 0 spiro atoms. The van der Waals surface area contributed by atoms with E-state index in [0.29, 0.717) is 59.9 Å². The highest BCUT2D eigenvalue weighted by Gasteiger charge is 2.27. The van der Waals surface area contributed by atoms with Crippen molar-refractivity contribution in [2.45, 2.75) is 46.6 Å². The summed E-state index contributed by atoms with van der Waals surface area (Å²) in [5.41, 5.74) is 2.08. The van der Waals surface area contributed by atoms with E-state index in [4.69, 9.17) is 19.2 Å². The van der Waals surface area contributed by atoms with Crippen LogP contribution in [0.25, 0.3) is 16.6 Å². The molecular weight excluding hydrogens is 518 g/mol. The van der Waals surface area contributed by atoms with Crippen LogP contribution in [0.2, 0.25) is 0 Å². The second-order valence-corrected chi connectivity index (χ2v) is 10.4. The first-order chi connectivity index (χ1) is 19.8. The lowest BCUT2D eigenvalue weighted by Gasteiger charge is -2.31. The summed E-state index contributed by atoms with van der Waals surface area (Å²) in [6.07, 6.45) is 0.979. The maximum Gasteiger partial charge on any atom is 0.266 e. The van der Waals surface area contributed by atoms with Gasteiger partial charge in [-0.3, -0.25) is 14.2 Å². The molecule has 4 rings (SSSR count). The molecule has 0 aliphatic carbocycles. The largest absolute Gasteiger partial charge is 0.494 e. The van der Waals surface area contributed by atoms with Gasteiger partial charge in [0.05, 0.1) is 43.5 Å². The molecule has 0 bridgehead atoms. The van der Waals surface area contributed by atoms with Gasteiger partial charge in [-0.25, -0.2) is 4.98 Å². The Kier molecular flexibility index (Phi) is 9.65. The number of carbonyl (C=O) groups excluding carboxylic acids is 1. The first-order valence-corrected chi connectivity index (χ1v) is 14.0.